The van der Waals surface area contributed by atoms with Crippen LogP contribution in [0.4, 0.5) is 5.69 Å². The van der Waals surface area contributed by atoms with Crippen LogP contribution >= 0.6 is 15.9 Å². The number of aromatic nitrogens is 5. The van der Waals surface area contributed by atoms with Gasteiger partial charge in [-0.3, -0.25) is 10.1 Å². The second-order valence-electron chi connectivity index (χ2n) is 5.15. The van der Waals surface area contributed by atoms with Crippen molar-refractivity contribution in [3.05, 3.63) is 69.4 Å². The lowest BCUT2D eigenvalue weighted by Crippen LogP contribution is -2.07. The third-order valence-electron chi connectivity index (χ3n) is 3.53. The van der Waals surface area contributed by atoms with Crippen molar-refractivity contribution in [2.24, 2.45) is 0 Å². The van der Waals surface area contributed by atoms with Crippen LogP contribution < -0.4 is 4.74 Å². The van der Waals surface area contributed by atoms with Gasteiger partial charge in [0.1, 0.15) is 17.6 Å². The van der Waals surface area contributed by atoms with Crippen molar-refractivity contribution >= 4 is 32.7 Å². The average molecular weight is 413 g/mol. The van der Waals surface area contributed by atoms with E-state index in [1.54, 1.807) is 48.5 Å². The van der Waals surface area contributed by atoms with Crippen LogP contribution in [0.2, 0.25) is 0 Å². The first-order chi connectivity index (χ1) is 12.6. The smallest absolute Gasteiger partial charge is 0.375 e. The number of ether oxygens (including phenoxy) is 1. The van der Waals surface area contributed by atoms with Crippen molar-refractivity contribution in [2.45, 2.75) is 0 Å². The summed E-state index contributed by atoms with van der Waals surface area (Å²) < 4.78 is 7.75. The van der Waals surface area contributed by atoms with E-state index in [1.807, 2.05) is 0 Å². The van der Waals surface area contributed by atoms with E-state index < -0.39 is 10.6 Å². The molecule has 0 unspecified atom stereocenters. The molecule has 0 aliphatic heterocycles. The number of hydrogen-bond acceptors (Lipinski definition) is 7. The topological polar surface area (TPSA) is 109 Å². The van der Waals surface area contributed by atoms with E-state index in [0.29, 0.717) is 16.8 Å². The molecule has 0 bridgehead atoms. The molecule has 0 atom stereocenters. The molecule has 0 aliphatic rings. The zero-order chi connectivity index (χ0) is 18.1. The summed E-state index contributed by atoms with van der Waals surface area (Å²) in [5, 5.41) is 19.7. The number of para-hydroxylation sites is 1. The Hall–Kier alpha value is -3.40. The van der Waals surface area contributed by atoms with Crippen molar-refractivity contribution in [2.75, 3.05) is 0 Å². The summed E-state index contributed by atoms with van der Waals surface area (Å²) in [5.74, 6) is 0.206. The van der Waals surface area contributed by atoms with Gasteiger partial charge in [-0.15, -0.1) is 5.10 Å². The number of fused-ring (bicyclic) bond motifs is 1. The van der Waals surface area contributed by atoms with Gasteiger partial charge in [0, 0.05) is 4.47 Å². The highest BCUT2D eigenvalue weighted by atomic mass is 79.9. The third kappa shape index (κ3) is 2.86. The average Bonchev–Trinajstić information content (AvgIpc) is 3.07. The molecule has 0 amide bonds. The van der Waals surface area contributed by atoms with Crippen LogP contribution in [0.5, 0.6) is 11.6 Å². The molecule has 0 spiro atoms. The molecule has 0 radical (unpaired) electrons. The predicted molar refractivity (Wildman–Crippen MR) is 95.3 cm³/mol. The fourth-order valence-electron chi connectivity index (χ4n) is 2.38. The molecule has 0 saturated heterocycles. The fourth-order valence-corrected chi connectivity index (χ4v) is 2.65. The summed E-state index contributed by atoms with van der Waals surface area (Å²) in [5.41, 5.74) is 0.783. The van der Waals surface area contributed by atoms with Crippen molar-refractivity contribution in [1.82, 2.24) is 25.0 Å². The Morgan fingerprint density at radius 1 is 1.08 bits per heavy atom. The molecule has 9 nitrogen and oxygen atoms in total. The van der Waals surface area contributed by atoms with Crippen molar-refractivity contribution < 1.29 is 9.66 Å². The molecular weight excluding hydrogens is 404 g/mol. The van der Waals surface area contributed by atoms with Gasteiger partial charge in [-0.1, -0.05) is 33.3 Å². The quantitative estimate of drug-likeness (QED) is 0.371. The fraction of sp³-hybridized carbons (Fsp3) is 0. The Morgan fingerprint density at radius 2 is 1.85 bits per heavy atom. The van der Waals surface area contributed by atoms with Crippen molar-refractivity contribution in [3.63, 3.8) is 0 Å². The molecule has 0 saturated carbocycles. The standard InChI is InChI=1S/C16H9BrN6O3/c17-10-5-7-11(8-6-10)26-16-14(23(24)25)15(18-9-19-16)22-13-4-2-1-3-12(13)20-21-22/h1-9H. The van der Waals surface area contributed by atoms with Crippen molar-refractivity contribution in [3.8, 4) is 17.4 Å². The molecule has 0 fully saturated rings. The summed E-state index contributed by atoms with van der Waals surface area (Å²) in [4.78, 5) is 19.0. The second kappa shape index (κ2) is 6.48. The van der Waals surface area contributed by atoms with Gasteiger partial charge in [-0.05, 0) is 36.4 Å². The maximum Gasteiger partial charge on any atom is 0.375 e. The molecule has 2 aromatic heterocycles. The number of hydrogen-bond donors (Lipinski definition) is 0. The number of rotatable bonds is 4. The van der Waals surface area contributed by atoms with E-state index in [-0.39, 0.29) is 11.7 Å². The summed E-state index contributed by atoms with van der Waals surface area (Å²) >= 11 is 3.32. The lowest BCUT2D eigenvalue weighted by molar-refractivity contribution is -0.386. The van der Waals surface area contributed by atoms with E-state index >= 15 is 0 Å². The summed E-state index contributed by atoms with van der Waals surface area (Å²) in [7, 11) is 0. The normalized spacial score (nSPS) is 10.8. The first kappa shape index (κ1) is 16.1. The predicted octanol–water partition coefficient (Wildman–Crippen LogP) is 3.67. The molecule has 2 aromatic carbocycles. The zero-order valence-corrected chi connectivity index (χ0v) is 14.6. The van der Waals surface area contributed by atoms with Gasteiger partial charge in [0.05, 0.1) is 10.4 Å². The molecule has 128 valence electrons. The molecule has 10 heteroatoms. The monoisotopic (exact) mass is 412 g/mol. The largest absolute Gasteiger partial charge is 0.434 e. The summed E-state index contributed by atoms with van der Waals surface area (Å²) in [6, 6.07) is 13.9. The number of benzene rings is 2. The Bertz CT molecular complexity index is 1110. The van der Waals surface area contributed by atoms with Gasteiger partial charge in [-0.25, -0.2) is 4.98 Å². The van der Waals surface area contributed by atoms with Crippen LogP contribution in [0, 0.1) is 10.1 Å². The van der Waals surface area contributed by atoms with Gasteiger partial charge in [0.25, 0.3) is 0 Å². The molecule has 4 aromatic rings. The first-order valence-corrected chi connectivity index (χ1v) is 8.16. The summed E-state index contributed by atoms with van der Waals surface area (Å²) in [6.45, 7) is 0. The van der Waals surface area contributed by atoms with Crippen LogP contribution in [-0.4, -0.2) is 29.9 Å². The first-order valence-electron chi connectivity index (χ1n) is 7.37. The highest BCUT2D eigenvalue weighted by molar-refractivity contribution is 9.10. The lowest BCUT2D eigenvalue weighted by atomic mass is 10.3. The van der Waals surface area contributed by atoms with Gasteiger partial charge >= 0.3 is 11.6 Å². The van der Waals surface area contributed by atoms with E-state index in [9.17, 15) is 10.1 Å². The van der Waals surface area contributed by atoms with E-state index in [2.05, 4.69) is 36.2 Å². The highest BCUT2D eigenvalue weighted by Gasteiger charge is 2.28. The van der Waals surface area contributed by atoms with Crippen LogP contribution in [0.25, 0.3) is 16.9 Å². The number of nitro groups is 1. The minimum atomic E-state index is -0.597. The van der Waals surface area contributed by atoms with Crippen LogP contribution in [0.3, 0.4) is 0 Å². The number of nitrogens with zero attached hydrogens (tertiary/aromatic N) is 6. The van der Waals surface area contributed by atoms with Gasteiger partial charge < -0.3 is 4.74 Å². The Morgan fingerprint density at radius 3 is 2.62 bits per heavy atom. The zero-order valence-electron chi connectivity index (χ0n) is 13.0. The minimum Gasteiger partial charge on any atom is -0.434 e. The van der Waals surface area contributed by atoms with Crippen molar-refractivity contribution in [1.29, 1.82) is 0 Å². The number of halogens is 1. The Kier molecular flexibility index (Phi) is 4.01. The molecule has 2 heterocycles. The molecule has 0 N–H and O–H groups in total. The van der Waals surface area contributed by atoms with Gasteiger partial charge in [0.2, 0.25) is 5.82 Å². The van der Waals surface area contributed by atoms with E-state index in [1.165, 1.54) is 11.0 Å². The Balaban J connectivity index is 1.86. The van der Waals surface area contributed by atoms with Gasteiger partial charge in [0.15, 0.2) is 0 Å². The van der Waals surface area contributed by atoms with Crippen LogP contribution in [0.1, 0.15) is 0 Å². The molecule has 0 aliphatic carbocycles. The highest BCUT2D eigenvalue weighted by Crippen LogP contribution is 2.34. The summed E-state index contributed by atoms with van der Waals surface area (Å²) in [6.07, 6.45) is 1.19. The maximum absolute atomic E-state index is 11.7. The van der Waals surface area contributed by atoms with Gasteiger partial charge in [-0.2, -0.15) is 9.67 Å². The second-order valence-corrected chi connectivity index (χ2v) is 6.07. The Labute approximate surface area is 154 Å². The van der Waals surface area contributed by atoms with E-state index in [4.69, 9.17) is 4.74 Å². The third-order valence-corrected chi connectivity index (χ3v) is 4.06. The molecular formula is C16H9BrN6O3. The van der Waals surface area contributed by atoms with Crippen LogP contribution in [-0.2, 0) is 0 Å². The SMILES string of the molecule is O=[N+]([O-])c1c(Oc2ccc(Br)cc2)ncnc1-n1nnc2ccccc21. The lowest BCUT2D eigenvalue weighted by Gasteiger charge is -2.08. The molecule has 26 heavy (non-hydrogen) atoms. The maximum atomic E-state index is 11.7. The van der Waals surface area contributed by atoms with E-state index in [0.717, 1.165) is 4.47 Å². The molecule has 4 rings (SSSR count). The van der Waals surface area contributed by atoms with Crippen LogP contribution in [0.15, 0.2) is 59.3 Å². The minimum absolute atomic E-state index is 0.0224.